The number of Topliss-reactive ketones (excluding diaryl/α,β-unsaturated/α-hetero) is 1. The van der Waals surface area contributed by atoms with Crippen molar-refractivity contribution < 1.29 is 40.8 Å². The fourth-order valence-corrected chi connectivity index (χ4v) is 7.92. The van der Waals surface area contributed by atoms with E-state index in [4.69, 9.17) is 11.6 Å². The maximum Gasteiger partial charge on any atom is 0.417 e. The average Bonchev–Trinajstić information content (AvgIpc) is 3.93. The topological polar surface area (TPSA) is 130 Å². The third kappa shape index (κ3) is 6.74. The van der Waals surface area contributed by atoms with Crippen LogP contribution in [-0.4, -0.2) is 66.7 Å². The molecule has 1 saturated heterocycles. The van der Waals surface area contributed by atoms with Gasteiger partial charge >= 0.3 is 6.18 Å². The Morgan fingerprint density at radius 2 is 1.69 bits per heavy atom. The van der Waals surface area contributed by atoms with Gasteiger partial charge in [0.25, 0.3) is 5.91 Å². The van der Waals surface area contributed by atoms with Crippen LogP contribution in [-0.2, 0) is 40.6 Å². The summed E-state index contributed by atoms with van der Waals surface area (Å²) in [6, 6.07) is 7.58. The minimum absolute atomic E-state index is 0.101. The monoisotopic (exact) mass is 667 g/mol. The molecule has 3 atom stereocenters. The van der Waals surface area contributed by atoms with Crippen LogP contribution in [0.3, 0.4) is 0 Å². The first-order valence-corrected chi connectivity index (χ1v) is 16.7. The number of ketones is 1. The van der Waals surface area contributed by atoms with Crippen molar-refractivity contribution in [3.63, 3.8) is 0 Å². The average molecular weight is 668 g/mol. The Morgan fingerprint density at radius 1 is 1.04 bits per heavy atom. The van der Waals surface area contributed by atoms with Gasteiger partial charge in [-0.3, -0.25) is 19.2 Å². The summed E-state index contributed by atoms with van der Waals surface area (Å²) < 4.78 is 69.0. The van der Waals surface area contributed by atoms with Crippen molar-refractivity contribution in [2.75, 3.05) is 6.54 Å². The summed E-state index contributed by atoms with van der Waals surface area (Å²) in [4.78, 5) is 53.6. The van der Waals surface area contributed by atoms with E-state index in [1.807, 2.05) is 0 Å². The van der Waals surface area contributed by atoms with Gasteiger partial charge in [0.2, 0.25) is 17.6 Å². The molecule has 1 aliphatic heterocycles. The van der Waals surface area contributed by atoms with Gasteiger partial charge in [0.1, 0.15) is 6.04 Å². The van der Waals surface area contributed by atoms with Gasteiger partial charge in [-0.2, -0.15) is 13.2 Å². The van der Waals surface area contributed by atoms with E-state index in [2.05, 4.69) is 10.6 Å². The molecule has 1 unspecified atom stereocenters. The Hall–Kier alpha value is -3.45. The maximum atomic E-state index is 14.2. The molecule has 0 radical (unpaired) electrons. The summed E-state index contributed by atoms with van der Waals surface area (Å²) in [6.45, 7) is 1.22. The molecule has 2 N–H and O–H groups in total. The zero-order valence-electron chi connectivity index (χ0n) is 24.4. The van der Waals surface area contributed by atoms with Crippen LogP contribution < -0.4 is 10.6 Å². The van der Waals surface area contributed by atoms with Crippen LogP contribution in [0, 0.1) is 0 Å². The normalized spacial score (nSPS) is 21.6. The first kappa shape index (κ1) is 32.9. The minimum atomic E-state index is -4.96. The number of carbonyl (C=O) groups is 4. The fraction of sp³-hybridized carbons (Fsp3) is 0.484. The van der Waals surface area contributed by atoms with Crippen LogP contribution in [0.25, 0.3) is 0 Å². The standard InChI is InChI=1S/C31H33ClF3N3O6S/c1-2-5-23(26(39)28(41)36-20-12-13-20)37-27(40)24-16-21(45(43,44)25-7-4-3-6-22(25)31(33,34)35)17-38(24)29(42)30(14-15-30)18-8-10-19(32)11-9-18/h3-4,6-11,20-21,23-24H,2,5,12-17H2,1H3,(H,36,41)(H,37,40)/t21-,23?,24+/m1/s1. The second-order valence-electron chi connectivity index (χ2n) is 11.9. The number of nitrogens with one attached hydrogen (secondary N) is 2. The van der Waals surface area contributed by atoms with Crippen LogP contribution in [0.5, 0.6) is 0 Å². The maximum absolute atomic E-state index is 14.2. The summed E-state index contributed by atoms with van der Waals surface area (Å²) in [5.41, 5.74) is -1.79. The van der Waals surface area contributed by atoms with E-state index < -0.39 is 85.7 Å². The van der Waals surface area contributed by atoms with E-state index in [0.717, 1.165) is 29.9 Å². The SMILES string of the molecule is CCCC(NC(=O)[C@@H]1C[C@@H](S(=O)(=O)c2ccccc2C(F)(F)F)CN1C(=O)C1(c2ccc(Cl)cc2)CC1)C(=O)C(=O)NC1CC1. The lowest BCUT2D eigenvalue weighted by atomic mass is 9.94. The molecule has 3 aliphatic rings. The molecule has 9 nitrogen and oxygen atoms in total. The summed E-state index contributed by atoms with van der Waals surface area (Å²) in [5, 5.41) is 4.04. The Morgan fingerprint density at radius 3 is 2.27 bits per heavy atom. The van der Waals surface area contributed by atoms with Gasteiger partial charge < -0.3 is 15.5 Å². The quantitative estimate of drug-likeness (QED) is 0.349. The number of likely N-dealkylation sites (tertiary alicyclic amines) is 1. The van der Waals surface area contributed by atoms with Crippen molar-refractivity contribution in [1.82, 2.24) is 15.5 Å². The van der Waals surface area contributed by atoms with Gasteiger partial charge in [-0.1, -0.05) is 49.2 Å². The number of hydrogen-bond donors (Lipinski definition) is 2. The first-order valence-electron chi connectivity index (χ1n) is 14.8. The summed E-state index contributed by atoms with van der Waals surface area (Å²) in [6.07, 6.45) is -2.63. The molecule has 242 valence electrons. The molecule has 0 spiro atoms. The zero-order chi connectivity index (χ0) is 32.7. The van der Waals surface area contributed by atoms with Crippen molar-refractivity contribution in [1.29, 1.82) is 0 Å². The Labute approximate surface area is 263 Å². The van der Waals surface area contributed by atoms with Crippen molar-refractivity contribution in [3.05, 3.63) is 64.7 Å². The van der Waals surface area contributed by atoms with E-state index in [-0.39, 0.29) is 12.5 Å². The highest BCUT2D eigenvalue weighted by molar-refractivity contribution is 7.92. The van der Waals surface area contributed by atoms with E-state index in [1.54, 1.807) is 31.2 Å². The minimum Gasteiger partial charge on any atom is -0.347 e. The molecule has 2 aliphatic carbocycles. The second kappa shape index (κ2) is 12.4. The number of benzene rings is 2. The number of nitrogens with zero attached hydrogens (tertiary/aromatic N) is 1. The van der Waals surface area contributed by atoms with Crippen LogP contribution in [0.1, 0.15) is 63.0 Å². The van der Waals surface area contributed by atoms with E-state index in [9.17, 15) is 40.8 Å². The predicted molar refractivity (Wildman–Crippen MR) is 158 cm³/mol. The molecule has 3 amide bonds. The number of sulfone groups is 1. The highest BCUT2D eigenvalue weighted by atomic mass is 35.5. The molecule has 5 rings (SSSR count). The lowest BCUT2D eigenvalue weighted by molar-refractivity contribution is -0.143. The Balaban J connectivity index is 1.47. The lowest BCUT2D eigenvalue weighted by Gasteiger charge is -2.29. The predicted octanol–water partition coefficient (Wildman–Crippen LogP) is 3.97. The Kier molecular flexibility index (Phi) is 9.07. The largest absolute Gasteiger partial charge is 0.417 e. The number of alkyl halides is 3. The van der Waals surface area contributed by atoms with Gasteiger partial charge in [0.15, 0.2) is 9.84 Å². The molecule has 0 bridgehead atoms. The van der Waals surface area contributed by atoms with Crippen LogP contribution in [0.2, 0.25) is 5.02 Å². The van der Waals surface area contributed by atoms with Crippen LogP contribution >= 0.6 is 11.6 Å². The molecule has 14 heteroatoms. The molecule has 0 aromatic heterocycles. The molecule has 1 heterocycles. The number of halogens is 4. The Bertz CT molecular complexity index is 1610. The van der Waals surface area contributed by atoms with Gasteiger partial charge in [0.05, 0.1) is 27.2 Å². The second-order valence-corrected chi connectivity index (χ2v) is 14.6. The van der Waals surface area contributed by atoms with Gasteiger partial charge in [-0.05, 0) is 68.4 Å². The smallest absolute Gasteiger partial charge is 0.347 e. The van der Waals surface area contributed by atoms with E-state index >= 15 is 0 Å². The summed E-state index contributed by atoms with van der Waals surface area (Å²) in [5.74, 6) is -3.12. The number of rotatable bonds is 11. The number of carbonyl (C=O) groups excluding carboxylic acids is 4. The lowest BCUT2D eigenvalue weighted by Crippen LogP contribution is -2.54. The highest BCUT2D eigenvalue weighted by Gasteiger charge is 2.57. The molecule has 2 saturated carbocycles. The van der Waals surface area contributed by atoms with Gasteiger partial charge in [0, 0.05) is 17.6 Å². The third-order valence-corrected chi connectivity index (χ3v) is 11.1. The molecule has 2 aromatic rings. The van der Waals surface area contributed by atoms with Crippen molar-refractivity contribution in [2.24, 2.45) is 0 Å². The number of amides is 3. The van der Waals surface area contributed by atoms with Gasteiger partial charge in [-0.25, -0.2) is 8.42 Å². The zero-order valence-corrected chi connectivity index (χ0v) is 26.0. The van der Waals surface area contributed by atoms with Crippen molar-refractivity contribution >= 4 is 44.9 Å². The number of hydrogen-bond acceptors (Lipinski definition) is 6. The summed E-state index contributed by atoms with van der Waals surface area (Å²) >= 11 is 6.03. The van der Waals surface area contributed by atoms with Gasteiger partial charge in [-0.15, -0.1) is 0 Å². The molecule has 45 heavy (non-hydrogen) atoms. The van der Waals surface area contributed by atoms with E-state index in [1.165, 1.54) is 6.07 Å². The fourth-order valence-electron chi connectivity index (χ4n) is 5.89. The molecular formula is C31H33ClF3N3O6S. The third-order valence-electron chi connectivity index (χ3n) is 8.67. The first-order chi connectivity index (χ1) is 21.2. The van der Waals surface area contributed by atoms with Crippen molar-refractivity contribution in [2.45, 2.75) is 91.7 Å². The van der Waals surface area contributed by atoms with Crippen LogP contribution in [0.15, 0.2) is 53.4 Å². The van der Waals surface area contributed by atoms with Crippen LogP contribution in [0.4, 0.5) is 13.2 Å². The summed E-state index contributed by atoms with van der Waals surface area (Å²) in [7, 11) is -4.70. The highest BCUT2D eigenvalue weighted by Crippen LogP contribution is 2.51. The van der Waals surface area contributed by atoms with E-state index in [0.29, 0.717) is 35.9 Å². The molecule has 3 fully saturated rings. The van der Waals surface area contributed by atoms with Crippen molar-refractivity contribution in [3.8, 4) is 0 Å². The molecular weight excluding hydrogens is 635 g/mol. The molecule has 2 aromatic carbocycles.